The average Bonchev–Trinajstić information content (AvgIpc) is 2.36. The van der Waals surface area contributed by atoms with E-state index in [1.807, 2.05) is 24.3 Å². The van der Waals surface area contributed by atoms with Crippen LogP contribution in [0.2, 0.25) is 0 Å². The largest absolute Gasteiger partial charge is 0.497 e. The summed E-state index contributed by atoms with van der Waals surface area (Å²) < 4.78 is 9.94. The Morgan fingerprint density at radius 1 is 1.24 bits per heavy atom. The zero-order valence-electron chi connectivity index (χ0n) is 10.4. The molecule has 17 heavy (non-hydrogen) atoms. The Morgan fingerprint density at radius 2 is 1.88 bits per heavy atom. The van der Waals surface area contributed by atoms with Crippen LogP contribution in [0.4, 0.5) is 0 Å². The van der Waals surface area contributed by atoms with E-state index in [1.54, 1.807) is 14.0 Å². The van der Waals surface area contributed by atoms with E-state index in [-0.39, 0.29) is 5.97 Å². The summed E-state index contributed by atoms with van der Waals surface area (Å²) in [5, 5.41) is 0. The number of allylic oxidation sites excluding steroid dienone is 1. The third kappa shape index (κ3) is 4.31. The van der Waals surface area contributed by atoms with Crippen molar-refractivity contribution >= 4 is 11.5 Å². The highest BCUT2D eigenvalue weighted by Gasteiger charge is 2.05. The second-order valence-corrected chi connectivity index (χ2v) is 3.64. The summed E-state index contributed by atoms with van der Waals surface area (Å²) in [6, 6.07) is 7.63. The van der Waals surface area contributed by atoms with Crippen molar-refractivity contribution in [3.05, 3.63) is 36.4 Å². The van der Waals surface area contributed by atoms with Gasteiger partial charge in [0.2, 0.25) is 0 Å². The summed E-state index contributed by atoms with van der Waals surface area (Å²) in [6.07, 6.45) is 0.990. The minimum Gasteiger partial charge on any atom is -0.497 e. The zero-order valence-corrected chi connectivity index (χ0v) is 10.4. The van der Waals surface area contributed by atoms with E-state index in [9.17, 15) is 4.79 Å². The molecule has 1 aromatic carbocycles. The number of benzene rings is 1. The van der Waals surface area contributed by atoms with Crippen LogP contribution in [-0.2, 0) is 9.53 Å². The maximum Gasteiger partial charge on any atom is 0.306 e. The van der Waals surface area contributed by atoms with Crippen molar-refractivity contribution in [2.45, 2.75) is 19.8 Å². The summed E-state index contributed by atoms with van der Waals surface area (Å²) >= 11 is 0. The zero-order chi connectivity index (χ0) is 12.7. The molecule has 0 radical (unpaired) electrons. The first-order chi connectivity index (χ1) is 8.17. The fraction of sp³-hybridized carbons (Fsp3) is 0.357. The number of esters is 1. The number of methoxy groups -OCH3 is 1. The van der Waals surface area contributed by atoms with Gasteiger partial charge in [-0.15, -0.1) is 0 Å². The molecule has 0 N–H and O–H groups in total. The van der Waals surface area contributed by atoms with Crippen molar-refractivity contribution < 1.29 is 14.3 Å². The van der Waals surface area contributed by atoms with Gasteiger partial charge in [-0.1, -0.05) is 18.7 Å². The Bertz CT molecular complexity index is 379. The number of carbonyl (C=O) groups is 1. The van der Waals surface area contributed by atoms with Gasteiger partial charge < -0.3 is 9.47 Å². The Hall–Kier alpha value is -1.77. The second kappa shape index (κ2) is 6.74. The molecule has 0 saturated heterocycles. The lowest BCUT2D eigenvalue weighted by atomic mass is 10.0. The van der Waals surface area contributed by atoms with E-state index in [0.717, 1.165) is 16.9 Å². The topological polar surface area (TPSA) is 35.5 Å². The minimum absolute atomic E-state index is 0.179. The molecule has 0 saturated carbocycles. The van der Waals surface area contributed by atoms with Gasteiger partial charge in [-0.05, 0) is 36.6 Å². The lowest BCUT2D eigenvalue weighted by Gasteiger charge is -2.07. The Balaban J connectivity index is 2.49. The van der Waals surface area contributed by atoms with Crippen LogP contribution in [0.5, 0.6) is 5.75 Å². The van der Waals surface area contributed by atoms with Gasteiger partial charge in [0.25, 0.3) is 0 Å². The van der Waals surface area contributed by atoms with Crippen LogP contribution in [0, 0.1) is 0 Å². The molecule has 0 amide bonds. The van der Waals surface area contributed by atoms with Gasteiger partial charge in [0.05, 0.1) is 13.7 Å². The van der Waals surface area contributed by atoms with E-state index >= 15 is 0 Å². The van der Waals surface area contributed by atoms with Gasteiger partial charge in [0, 0.05) is 6.42 Å². The molecular formula is C14H18O3. The van der Waals surface area contributed by atoms with E-state index in [1.165, 1.54) is 0 Å². The summed E-state index contributed by atoms with van der Waals surface area (Å²) in [5.41, 5.74) is 1.95. The molecule has 3 heteroatoms. The molecule has 0 unspecified atom stereocenters. The fourth-order valence-corrected chi connectivity index (χ4v) is 1.46. The lowest BCUT2D eigenvalue weighted by Crippen LogP contribution is -2.03. The predicted octanol–water partition coefficient (Wildman–Crippen LogP) is 3.05. The van der Waals surface area contributed by atoms with Crippen LogP contribution >= 0.6 is 0 Å². The highest BCUT2D eigenvalue weighted by atomic mass is 16.5. The summed E-state index contributed by atoms with van der Waals surface area (Å²) in [4.78, 5) is 11.2. The first-order valence-electron chi connectivity index (χ1n) is 5.65. The molecule has 0 aromatic heterocycles. The lowest BCUT2D eigenvalue weighted by molar-refractivity contribution is -0.142. The molecule has 0 aliphatic heterocycles. The number of carbonyl (C=O) groups excluding carboxylic acids is 1. The van der Waals surface area contributed by atoms with Crippen LogP contribution in [0.15, 0.2) is 30.8 Å². The maximum absolute atomic E-state index is 11.2. The number of hydrogen-bond donors (Lipinski definition) is 0. The standard InChI is InChI=1S/C14H18O3/c1-4-17-14(15)10-5-11(2)12-6-8-13(16-3)9-7-12/h6-9H,2,4-5,10H2,1,3H3. The van der Waals surface area contributed by atoms with E-state index in [0.29, 0.717) is 19.4 Å². The molecule has 3 nitrogen and oxygen atoms in total. The smallest absolute Gasteiger partial charge is 0.306 e. The molecule has 0 atom stereocenters. The van der Waals surface area contributed by atoms with Crippen LogP contribution in [0.3, 0.4) is 0 Å². The molecule has 0 bridgehead atoms. The van der Waals surface area contributed by atoms with Gasteiger partial charge in [-0.25, -0.2) is 0 Å². The van der Waals surface area contributed by atoms with E-state index in [2.05, 4.69) is 6.58 Å². The van der Waals surface area contributed by atoms with Crippen LogP contribution < -0.4 is 4.74 Å². The van der Waals surface area contributed by atoms with Crippen molar-refractivity contribution in [2.24, 2.45) is 0 Å². The Morgan fingerprint density at radius 3 is 2.41 bits per heavy atom. The highest BCUT2D eigenvalue weighted by molar-refractivity contribution is 5.73. The van der Waals surface area contributed by atoms with Crippen LogP contribution in [-0.4, -0.2) is 19.7 Å². The van der Waals surface area contributed by atoms with Gasteiger partial charge >= 0.3 is 5.97 Å². The van der Waals surface area contributed by atoms with E-state index in [4.69, 9.17) is 9.47 Å². The van der Waals surface area contributed by atoms with Gasteiger partial charge in [0.15, 0.2) is 0 Å². The molecule has 0 spiro atoms. The normalized spacial score (nSPS) is 9.76. The van der Waals surface area contributed by atoms with Crippen molar-refractivity contribution in [3.63, 3.8) is 0 Å². The van der Waals surface area contributed by atoms with Crippen LogP contribution in [0.1, 0.15) is 25.3 Å². The van der Waals surface area contributed by atoms with Gasteiger partial charge in [-0.3, -0.25) is 4.79 Å². The van der Waals surface area contributed by atoms with Crippen molar-refractivity contribution in [1.29, 1.82) is 0 Å². The number of hydrogen-bond acceptors (Lipinski definition) is 3. The molecule has 0 heterocycles. The number of rotatable bonds is 6. The molecule has 0 fully saturated rings. The highest BCUT2D eigenvalue weighted by Crippen LogP contribution is 2.20. The molecular weight excluding hydrogens is 216 g/mol. The van der Waals surface area contributed by atoms with Crippen LogP contribution in [0.25, 0.3) is 5.57 Å². The Kier molecular flexibility index (Phi) is 5.27. The molecule has 1 aromatic rings. The van der Waals surface area contributed by atoms with Crippen molar-refractivity contribution in [1.82, 2.24) is 0 Å². The third-order valence-corrected chi connectivity index (χ3v) is 2.43. The Labute approximate surface area is 102 Å². The van der Waals surface area contributed by atoms with Crippen molar-refractivity contribution in [3.8, 4) is 5.75 Å². The third-order valence-electron chi connectivity index (χ3n) is 2.43. The molecule has 1 rings (SSSR count). The summed E-state index contributed by atoms with van der Waals surface area (Å²) in [7, 11) is 1.63. The van der Waals surface area contributed by atoms with Gasteiger partial charge in [-0.2, -0.15) is 0 Å². The summed E-state index contributed by atoms with van der Waals surface area (Å²) in [5.74, 6) is 0.633. The fourth-order valence-electron chi connectivity index (χ4n) is 1.46. The van der Waals surface area contributed by atoms with Crippen molar-refractivity contribution in [2.75, 3.05) is 13.7 Å². The first-order valence-corrected chi connectivity index (χ1v) is 5.65. The molecule has 0 aliphatic rings. The average molecular weight is 234 g/mol. The van der Waals surface area contributed by atoms with E-state index < -0.39 is 0 Å². The quantitative estimate of drug-likeness (QED) is 0.710. The first kappa shape index (κ1) is 13.3. The molecule has 92 valence electrons. The molecule has 0 aliphatic carbocycles. The predicted molar refractivity (Wildman–Crippen MR) is 67.9 cm³/mol. The number of ether oxygens (including phenoxy) is 2. The van der Waals surface area contributed by atoms with Gasteiger partial charge in [0.1, 0.15) is 5.75 Å². The maximum atomic E-state index is 11.2. The second-order valence-electron chi connectivity index (χ2n) is 3.64. The minimum atomic E-state index is -0.179. The SMILES string of the molecule is C=C(CCC(=O)OCC)c1ccc(OC)cc1. The monoisotopic (exact) mass is 234 g/mol. The summed E-state index contributed by atoms with van der Waals surface area (Å²) in [6.45, 7) is 6.19.